The molecule has 790 valence electrons. The van der Waals surface area contributed by atoms with Gasteiger partial charge in [-0.25, -0.2) is 29.0 Å². The number of imidazole rings is 2. The Morgan fingerprint density at radius 2 is 0.921 bits per heavy atom. The smallest absolute Gasteiger partial charge is 0.254 e. The van der Waals surface area contributed by atoms with Crippen LogP contribution in [0.3, 0.4) is 0 Å². The fourth-order valence-corrected chi connectivity index (χ4v) is 14.8. The van der Waals surface area contributed by atoms with Crippen LogP contribution in [-0.2, 0) is 16.7 Å². The van der Waals surface area contributed by atoms with E-state index in [2.05, 4.69) is 425 Å². The van der Waals surface area contributed by atoms with E-state index in [1.165, 1.54) is 51.0 Å². The SMILES string of the molecule is CC(C)C1=NN(C(C)C)C(=O)C1.CC(C)C1=NOC(C)(C(C)C)C1.CC(C)c1ccc(=O)n(C(C)C)c1.CC(C)c1cccn(C(C)C)c1=O.CC(C)c1ccn(C(C)C)c1.CC(C)c1ccn(C(C)C)n1.CC(C)c1cn(C(C)C)nn1.CC(C)c1cn(C)c(C(C)C)n1.CC(C)c1cncn1C(C)C.CC(C)c1cnn(C(C)C)c1.CC(C)c1cnnn1C(C)C.CC(C)c1nnn(C(C)C)c1I. The van der Waals surface area contributed by atoms with Crippen molar-refractivity contribution in [2.75, 3.05) is 0 Å². The van der Waals surface area contributed by atoms with Crippen LogP contribution in [0.25, 0.3) is 0 Å². The molecule has 0 spiro atoms. The fraction of sp³-hybridized carbons (Fsp3) is 0.688. The monoisotopic (exact) mass is 2050 g/mol. The molecular weight excluding hydrogens is 1860 g/mol. The number of hydrogen-bond acceptors (Lipinski definition) is 16. The lowest BCUT2D eigenvalue weighted by atomic mass is 9.85. The molecule has 0 N–H and O–H groups in total. The first-order valence-corrected chi connectivity index (χ1v) is 53.2. The highest BCUT2D eigenvalue weighted by Crippen LogP contribution is 2.33. The number of aromatic nitrogens is 20. The predicted octanol–water partition coefficient (Wildman–Crippen LogP) is 29.8. The summed E-state index contributed by atoms with van der Waals surface area (Å²) in [5, 5.41) is 42.8. The van der Waals surface area contributed by atoms with Crippen molar-refractivity contribution in [3.8, 4) is 0 Å². The Bertz CT molecular complexity index is 4810. The lowest BCUT2D eigenvalue weighted by molar-refractivity contribution is -0.130. The van der Waals surface area contributed by atoms with Crippen LogP contribution in [0.1, 0.15) is 534 Å². The van der Waals surface area contributed by atoms with Crippen LogP contribution < -0.4 is 11.1 Å². The molecular formula is C112H196IN23O4. The molecule has 140 heavy (non-hydrogen) atoms. The lowest BCUT2D eigenvalue weighted by Crippen LogP contribution is -2.31. The second-order valence-electron chi connectivity index (χ2n) is 44.3. The molecule has 2 aliphatic heterocycles. The molecule has 10 aromatic rings. The number of carbonyl (C=O) groups is 1. The van der Waals surface area contributed by atoms with E-state index in [1.54, 1.807) is 20.2 Å². The number of nitrogens with zero attached hydrogens (tertiary/aromatic N) is 23. The average molecular weight is 2060 g/mol. The van der Waals surface area contributed by atoms with Gasteiger partial charge in [-0.2, -0.15) is 15.3 Å². The van der Waals surface area contributed by atoms with Crippen molar-refractivity contribution in [1.29, 1.82) is 0 Å². The first-order chi connectivity index (χ1) is 64.8. The van der Waals surface area contributed by atoms with Gasteiger partial charge in [0.15, 0.2) is 0 Å². The van der Waals surface area contributed by atoms with Crippen LogP contribution in [0, 0.1) is 21.5 Å². The lowest BCUT2D eigenvalue weighted by Gasteiger charge is -2.25. The Balaban J connectivity index is 0.000000764. The maximum absolute atomic E-state index is 11.8. The maximum atomic E-state index is 11.8. The molecule has 0 aromatic carbocycles. The Kier molecular flexibility index (Phi) is 57.4. The summed E-state index contributed by atoms with van der Waals surface area (Å²) in [6.07, 6.45) is 25.6. The van der Waals surface area contributed by atoms with Crippen molar-refractivity contribution < 1.29 is 9.63 Å². The maximum Gasteiger partial charge on any atom is 0.254 e. The number of halogens is 1. The van der Waals surface area contributed by atoms with Crippen LogP contribution >= 0.6 is 22.6 Å². The molecule has 1 atom stereocenters. The molecule has 27 nitrogen and oxygen atoms in total. The normalized spacial score (nSPS) is 13.5. The molecule has 0 saturated carbocycles. The molecule has 0 fully saturated rings. The largest absolute Gasteiger partial charge is 0.389 e. The van der Waals surface area contributed by atoms with Gasteiger partial charge < -0.3 is 27.7 Å². The first kappa shape index (κ1) is 129. The molecule has 1 amide bonds. The van der Waals surface area contributed by atoms with E-state index in [4.69, 9.17) is 4.84 Å². The van der Waals surface area contributed by atoms with E-state index in [0.29, 0.717) is 132 Å². The van der Waals surface area contributed by atoms with Gasteiger partial charge in [-0.1, -0.05) is 227 Å². The molecule has 12 rings (SSSR count). The molecule has 0 radical (unpaired) electrons. The summed E-state index contributed by atoms with van der Waals surface area (Å²) in [5.74, 6) is 8.36. The Labute approximate surface area is 862 Å². The van der Waals surface area contributed by atoms with E-state index < -0.39 is 0 Å². The molecule has 0 aliphatic carbocycles. The standard InChI is InChI=1S/2C11H17NO.C10H18N2.C10H19NO.C10H17N.C9H16N2O.3C9H16N2.C8H14IN3.2C8H15N3/c1-8(2)10-5-6-11(13)12(7-10)9(3)4;1-8(2)10-6-5-7-12(9(3)4)11(10)13;1-7(2)9-6-12(5)10(11-9)8(3)4;1-7(2)9-6-10(5,8(3)4)12-11-9;1-8(2)10-5-6-11(7-10)9(3)4;1-6(2)8-5-9(12)11(10-8)7(3)4;1-7(2)9-5-10-6-11(9)8(3)4;1-7(2)9-5-10-11(6-9)8(3)4;1-7(2)9-5-6-11(10-9)8(3)4;1-5(2)7-8(9)12(6(3)4)11-10-7;1-6(2)8-5-11(7(3)4)10-9-8;1-6(2)8-5-9-10-11(8)7(3)4/h2*5-9H,1-4H3;6-8H,1-5H3;7-8H,6H2,1-5H3;5-9H,1-4H3;6-7H,5H2,1-4H3;3*5-8H,1-4H3;5-6H,1-4H3;2*5-7H,1-4H3. The molecule has 10 aromatic heterocycles. The van der Waals surface area contributed by atoms with Crippen molar-refractivity contribution in [3.63, 3.8) is 0 Å². The highest BCUT2D eigenvalue weighted by Gasteiger charge is 2.38. The Hall–Kier alpha value is -9.22. The average Bonchev–Trinajstić information content (AvgIpc) is 1.68. The van der Waals surface area contributed by atoms with Gasteiger partial charge in [0.05, 0.1) is 65.0 Å². The Morgan fingerprint density at radius 1 is 0.393 bits per heavy atom. The molecule has 28 heteroatoms. The van der Waals surface area contributed by atoms with Gasteiger partial charge in [0.25, 0.3) is 11.1 Å². The van der Waals surface area contributed by atoms with Gasteiger partial charge in [0, 0.05) is 159 Å². The third-order valence-electron chi connectivity index (χ3n) is 23.6. The number of pyridine rings is 2. The zero-order valence-electron chi connectivity index (χ0n) is 97.0. The van der Waals surface area contributed by atoms with E-state index >= 15 is 0 Å². The molecule has 0 bridgehead atoms. The van der Waals surface area contributed by atoms with Gasteiger partial charge in [-0.15, -0.1) is 15.3 Å². The number of rotatable bonds is 24. The van der Waals surface area contributed by atoms with Crippen molar-refractivity contribution >= 4 is 39.9 Å². The number of carbonyl (C=O) groups excluding carboxylic acids is 1. The zero-order chi connectivity index (χ0) is 108. The number of hydrogen-bond donors (Lipinski definition) is 0. The summed E-state index contributed by atoms with van der Waals surface area (Å²) in [4.78, 5) is 48.7. The van der Waals surface area contributed by atoms with Crippen LogP contribution in [0.15, 0.2) is 131 Å². The van der Waals surface area contributed by atoms with Gasteiger partial charge in [0.2, 0.25) is 5.91 Å². The summed E-state index contributed by atoms with van der Waals surface area (Å²) in [6, 6.07) is 15.6. The quantitative estimate of drug-likeness (QED) is 0.0509. The number of amides is 1. The van der Waals surface area contributed by atoms with E-state index in [-0.39, 0.29) is 40.8 Å². The summed E-state index contributed by atoms with van der Waals surface area (Å²) >= 11 is 2.30. The predicted molar refractivity (Wildman–Crippen MR) is 597 cm³/mol. The first-order valence-electron chi connectivity index (χ1n) is 52.1. The van der Waals surface area contributed by atoms with E-state index in [0.717, 1.165) is 32.8 Å². The van der Waals surface area contributed by atoms with Crippen molar-refractivity contribution in [2.24, 2.45) is 35.1 Å². The van der Waals surface area contributed by atoms with E-state index in [9.17, 15) is 14.4 Å². The number of hydrazone groups is 1. The summed E-state index contributed by atoms with van der Waals surface area (Å²) < 4.78 is 21.1. The van der Waals surface area contributed by atoms with Crippen LogP contribution in [0.4, 0.5) is 0 Å². The van der Waals surface area contributed by atoms with Crippen molar-refractivity contribution in [3.05, 3.63) is 198 Å². The molecule has 12 heterocycles. The van der Waals surface area contributed by atoms with Crippen LogP contribution in [0.2, 0.25) is 0 Å². The van der Waals surface area contributed by atoms with Gasteiger partial charge in [-0.3, -0.25) is 23.7 Å². The van der Waals surface area contributed by atoms with Crippen LogP contribution in [0.5, 0.6) is 0 Å². The second kappa shape index (κ2) is 62.4. The summed E-state index contributed by atoms with van der Waals surface area (Å²) in [7, 11) is 2.06. The molecule has 0 saturated heterocycles. The van der Waals surface area contributed by atoms with Gasteiger partial charge in [-0.05, 0) is 274 Å². The highest BCUT2D eigenvalue weighted by atomic mass is 127. The van der Waals surface area contributed by atoms with E-state index in [1.807, 2.05) is 147 Å². The van der Waals surface area contributed by atoms with Crippen molar-refractivity contribution in [2.45, 2.75) is 483 Å². The van der Waals surface area contributed by atoms with Crippen molar-refractivity contribution in [1.82, 2.24) is 102 Å². The third kappa shape index (κ3) is 43.5. The summed E-state index contributed by atoms with van der Waals surface area (Å²) in [5.41, 5.74) is 14.3. The Morgan fingerprint density at radius 3 is 1.24 bits per heavy atom. The topological polar surface area (TPSA) is 267 Å². The highest BCUT2D eigenvalue weighted by molar-refractivity contribution is 14.1. The minimum Gasteiger partial charge on any atom is -0.389 e. The second-order valence-corrected chi connectivity index (χ2v) is 45.3. The molecule has 1 unspecified atom stereocenters. The molecule has 2 aliphatic rings. The third-order valence-corrected chi connectivity index (χ3v) is 24.7. The fourth-order valence-electron chi connectivity index (χ4n) is 13.4. The van der Waals surface area contributed by atoms with Gasteiger partial charge >= 0.3 is 0 Å². The zero-order valence-corrected chi connectivity index (χ0v) is 99.1. The van der Waals surface area contributed by atoms with Gasteiger partial charge in [0.1, 0.15) is 15.1 Å². The minimum absolute atomic E-state index is 0.0559. The van der Waals surface area contributed by atoms with Crippen LogP contribution in [-0.4, -0.2) is 131 Å². The minimum atomic E-state index is -0.0559. The summed E-state index contributed by atoms with van der Waals surface area (Å²) in [6.45, 7) is 104. The number of oxime groups is 1. The number of aryl methyl sites for hydroxylation is 1.